The van der Waals surface area contributed by atoms with Crippen LogP contribution in [-0.2, 0) is 23.9 Å². The summed E-state index contributed by atoms with van der Waals surface area (Å²) in [6.45, 7) is 2.00. The third-order valence-electron chi connectivity index (χ3n) is 4.35. The number of rotatable bonds is 9. The first-order valence-electron chi connectivity index (χ1n) is 8.21. The average Bonchev–Trinajstić information content (AvgIpc) is 2.53. The number of hydrogen-bond acceptors (Lipinski definition) is 6. The lowest BCUT2D eigenvalue weighted by Crippen LogP contribution is -2.50. The first-order chi connectivity index (χ1) is 10.9. The minimum absolute atomic E-state index is 0.104. The minimum atomic E-state index is -0.943. The standard InChI is InChI=1S/C16H27NO6/c1-2-13(20)22-9-6-10-23-15(21)14(17)16(11-12(18)19)7-4-3-5-8-16/h14H,2-11,17H2,1H3,(H,18,19). The van der Waals surface area contributed by atoms with Crippen molar-refractivity contribution in [3.8, 4) is 0 Å². The molecule has 0 saturated heterocycles. The molecule has 0 bridgehead atoms. The van der Waals surface area contributed by atoms with Crippen molar-refractivity contribution in [3.05, 3.63) is 0 Å². The molecule has 3 N–H and O–H groups in total. The first-order valence-corrected chi connectivity index (χ1v) is 8.21. The van der Waals surface area contributed by atoms with E-state index in [9.17, 15) is 14.4 Å². The molecule has 1 aliphatic carbocycles. The van der Waals surface area contributed by atoms with Gasteiger partial charge in [0.2, 0.25) is 0 Å². The molecule has 0 aromatic carbocycles. The normalized spacial score (nSPS) is 18.0. The van der Waals surface area contributed by atoms with Crippen LogP contribution in [-0.4, -0.2) is 42.3 Å². The second-order valence-electron chi connectivity index (χ2n) is 6.07. The number of nitrogens with two attached hydrogens (primary N) is 1. The fraction of sp³-hybridized carbons (Fsp3) is 0.812. The Balaban J connectivity index is 2.45. The van der Waals surface area contributed by atoms with Crippen molar-refractivity contribution in [1.82, 2.24) is 0 Å². The molecule has 1 atom stereocenters. The number of hydrogen-bond donors (Lipinski definition) is 2. The Bertz CT molecular complexity index is 417. The van der Waals surface area contributed by atoms with Gasteiger partial charge in [0.25, 0.3) is 0 Å². The molecule has 0 heterocycles. The zero-order chi connectivity index (χ0) is 17.3. The maximum Gasteiger partial charge on any atom is 0.323 e. The quantitative estimate of drug-likeness (QED) is 0.488. The average molecular weight is 329 g/mol. The highest BCUT2D eigenvalue weighted by molar-refractivity contribution is 5.78. The van der Waals surface area contributed by atoms with E-state index in [0.717, 1.165) is 19.3 Å². The summed E-state index contributed by atoms with van der Waals surface area (Å²) in [5, 5.41) is 9.13. The third-order valence-corrected chi connectivity index (χ3v) is 4.35. The Morgan fingerprint density at radius 2 is 1.74 bits per heavy atom. The van der Waals surface area contributed by atoms with Crippen molar-refractivity contribution in [1.29, 1.82) is 0 Å². The number of aliphatic carboxylic acids is 1. The van der Waals surface area contributed by atoms with Crippen molar-refractivity contribution in [2.24, 2.45) is 11.1 Å². The Kier molecular flexibility index (Phi) is 8.02. The second kappa shape index (κ2) is 9.50. The lowest BCUT2D eigenvalue weighted by Gasteiger charge is -2.39. The van der Waals surface area contributed by atoms with Gasteiger partial charge >= 0.3 is 17.9 Å². The molecule has 0 aromatic rings. The van der Waals surface area contributed by atoms with E-state index in [1.807, 2.05) is 0 Å². The van der Waals surface area contributed by atoms with Crippen LogP contribution in [0.3, 0.4) is 0 Å². The van der Waals surface area contributed by atoms with Crippen LogP contribution in [0.25, 0.3) is 0 Å². The monoisotopic (exact) mass is 329 g/mol. The Hall–Kier alpha value is -1.63. The highest BCUT2D eigenvalue weighted by Gasteiger charge is 2.44. The summed E-state index contributed by atoms with van der Waals surface area (Å²) in [5.74, 6) is -1.81. The van der Waals surface area contributed by atoms with Gasteiger partial charge in [0, 0.05) is 18.3 Å². The Labute approximate surface area is 136 Å². The summed E-state index contributed by atoms with van der Waals surface area (Å²) in [4.78, 5) is 34.2. The molecule has 0 amide bonds. The van der Waals surface area contributed by atoms with Gasteiger partial charge in [-0.05, 0) is 12.8 Å². The van der Waals surface area contributed by atoms with E-state index < -0.39 is 23.4 Å². The van der Waals surface area contributed by atoms with E-state index in [4.69, 9.17) is 20.3 Å². The molecule has 1 fully saturated rings. The van der Waals surface area contributed by atoms with E-state index in [0.29, 0.717) is 25.7 Å². The Morgan fingerprint density at radius 1 is 1.13 bits per heavy atom. The van der Waals surface area contributed by atoms with Crippen LogP contribution < -0.4 is 5.73 Å². The number of ether oxygens (including phenoxy) is 2. The fourth-order valence-electron chi connectivity index (χ4n) is 3.01. The van der Waals surface area contributed by atoms with Crippen LogP contribution in [0.1, 0.15) is 58.3 Å². The fourth-order valence-corrected chi connectivity index (χ4v) is 3.01. The molecule has 23 heavy (non-hydrogen) atoms. The number of carbonyl (C=O) groups excluding carboxylic acids is 2. The topological polar surface area (TPSA) is 116 Å². The zero-order valence-electron chi connectivity index (χ0n) is 13.7. The third kappa shape index (κ3) is 6.17. The van der Waals surface area contributed by atoms with Gasteiger partial charge in [0.15, 0.2) is 0 Å². The molecule has 1 saturated carbocycles. The maximum atomic E-state index is 12.1. The van der Waals surface area contributed by atoms with E-state index >= 15 is 0 Å². The molecule has 0 spiro atoms. The molecule has 1 unspecified atom stereocenters. The number of esters is 2. The van der Waals surface area contributed by atoms with Crippen LogP contribution in [0.5, 0.6) is 0 Å². The predicted octanol–water partition coefficient (Wildman–Crippen LogP) is 1.63. The second-order valence-corrected chi connectivity index (χ2v) is 6.07. The van der Waals surface area contributed by atoms with Crippen LogP contribution in [0.4, 0.5) is 0 Å². The molecule has 7 nitrogen and oxygen atoms in total. The van der Waals surface area contributed by atoms with Crippen molar-refractivity contribution in [2.75, 3.05) is 13.2 Å². The molecular formula is C16H27NO6. The number of carboxylic acids is 1. The number of carboxylic acid groups (broad SMARTS) is 1. The lowest BCUT2D eigenvalue weighted by atomic mass is 9.67. The van der Waals surface area contributed by atoms with Crippen LogP contribution in [0, 0.1) is 5.41 Å². The van der Waals surface area contributed by atoms with Gasteiger partial charge < -0.3 is 20.3 Å². The van der Waals surface area contributed by atoms with Gasteiger partial charge in [-0.1, -0.05) is 26.2 Å². The van der Waals surface area contributed by atoms with Gasteiger partial charge in [-0.3, -0.25) is 14.4 Å². The van der Waals surface area contributed by atoms with Crippen molar-refractivity contribution in [2.45, 2.75) is 64.3 Å². The summed E-state index contributed by atoms with van der Waals surface area (Å²) in [6.07, 6.45) is 4.64. The van der Waals surface area contributed by atoms with Gasteiger partial charge in [0.1, 0.15) is 6.04 Å². The predicted molar refractivity (Wildman–Crippen MR) is 82.6 cm³/mol. The van der Waals surface area contributed by atoms with E-state index in [2.05, 4.69) is 0 Å². The van der Waals surface area contributed by atoms with Crippen LogP contribution >= 0.6 is 0 Å². The summed E-state index contributed by atoms with van der Waals surface area (Å²) >= 11 is 0. The highest BCUT2D eigenvalue weighted by Crippen LogP contribution is 2.42. The van der Waals surface area contributed by atoms with Gasteiger partial charge in [-0.2, -0.15) is 0 Å². The molecule has 0 aromatic heterocycles. The van der Waals surface area contributed by atoms with Crippen LogP contribution in [0.15, 0.2) is 0 Å². The Morgan fingerprint density at radius 3 is 2.30 bits per heavy atom. The van der Waals surface area contributed by atoms with Gasteiger partial charge in [-0.25, -0.2) is 0 Å². The van der Waals surface area contributed by atoms with E-state index in [-0.39, 0.29) is 25.6 Å². The lowest BCUT2D eigenvalue weighted by molar-refractivity contribution is -0.152. The van der Waals surface area contributed by atoms with E-state index in [1.165, 1.54) is 0 Å². The van der Waals surface area contributed by atoms with Crippen molar-refractivity contribution < 1.29 is 29.0 Å². The van der Waals surface area contributed by atoms with Gasteiger partial charge in [-0.15, -0.1) is 0 Å². The zero-order valence-corrected chi connectivity index (χ0v) is 13.7. The highest BCUT2D eigenvalue weighted by atomic mass is 16.5. The number of carbonyl (C=O) groups is 3. The van der Waals surface area contributed by atoms with Crippen LogP contribution in [0.2, 0.25) is 0 Å². The summed E-state index contributed by atoms with van der Waals surface area (Å²) in [6, 6.07) is -0.933. The molecule has 132 valence electrons. The SMILES string of the molecule is CCC(=O)OCCCOC(=O)C(N)C1(CC(=O)O)CCCCC1. The molecule has 0 radical (unpaired) electrons. The molecule has 1 aliphatic rings. The summed E-state index contributed by atoms with van der Waals surface area (Å²) in [5.41, 5.74) is 5.32. The summed E-state index contributed by atoms with van der Waals surface area (Å²) in [7, 11) is 0. The van der Waals surface area contributed by atoms with E-state index in [1.54, 1.807) is 6.92 Å². The van der Waals surface area contributed by atoms with Gasteiger partial charge in [0.05, 0.1) is 19.6 Å². The van der Waals surface area contributed by atoms with Crippen molar-refractivity contribution in [3.63, 3.8) is 0 Å². The first kappa shape index (κ1) is 19.4. The summed E-state index contributed by atoms with van der Waals surface area (Å²) < 4.78 is 10.0. The molecular weight excluding hydrogens is 302 g/mol. The minimum Gasteiger partial charge on any atom is -0.481 e. The molecule has 1 rings (SSSR count). The smallest absolute Gasteiger partial charge is 0.323 e. The molecule has 7 heteroatoms. The van der Waals surface area contributed by atoms with Crippen molar-refractivity contribution >= 4 is 17.9 Å². The maximum absolute atomic E-state index is 12.1. The largest absolute Gasteiger partial charge is 0.481 e. The molecule has 0 aliphatic heterocycles.